The lowest BCUT2D eigenvalue weighted by Crippen LogP contribution is -2.29. The summed E-state index contributed by atoms with van der Waals surface area (Å²) < 4.78 is 42.0. The highest BCUT2D eigenvalue weighted by atomic mass is 19.4. The van der Waals surface area contributed by atoms with Crippen LogP contribution in [0.5, 0.6) is 0 Å². The molecule has 1 aliphatic rings. The van der Waals surface area contributed by atoms with Crippen LogP contribution in [0.2, 0.25) is 0 Å². The van der Waals surface area contributed by atoms with Crippen molar-refractivity contribution in [1.29, 1.82) is 0 Å². The molecule has 10 heteroatoms. The first-order valence-corrected chi connectivity index (χ1v) is 10.1. The summed E-state index contributed by atoms with van der Waals surface area (Å²) in [6, 6.07) is 5.50. The molecule has 166 valence electrons. The molecule has 0 spiro atoms. The Bertz CT molecular complexity index is 1090. The van der Waals surface area contributed by atoms with Gasteiger partial charge in [-0.05, 0) is 38.8 Å². The summed E-state index contributed by atoms with van der Waals surface area (Å²) in [7, 11) is 0. The molecule has 1 saturated heterocycles. The number of anilines is 2. The summed E-state index contributed by atoms with van der Waals surface area (Å²) in [6.45, 7) is 6.92. The molecule has 2 N–H and O–H groups in total. The maximum atomic E-state index is 13.5. The highest BCUT2D eigenvalue weighted by Gasteiger charge is 2.33. The number of nitrogens with zero attached hydrogens (tertiary/aromatic N) is 5. The Morgan fingerprint density at radius 3 is 2.55 bits per heavy atom. The molecule has 3 aromatic rings. The first kappa shape index (κ1) is 21.4. The van der Waals surface area contributed by atoms with Gasteiger partial charge in [0.25, 0.3) is 0 Å². The van der Waals surface area contributed by atoms with E-state index in [2.05, 4.69) is 20.3 Å². The van der Waals surface area contributed by atoms with E-state index >= 15 is 0 Å². The van der Waals surface area contributed by atoms with E-state index in [9.17, 15) is 18.3 Å². The molecule has 1 atom stereocenters. The molecule has 4 rings (SSSR count). The molecule has 0 unspecified atom stereocenters. The summed E-state index contributed by atoms with van der Waals surface area (Å²) >= 11 is 0. The minimum Gasteiger partial charge on any atom is -0.391 e. The number of imidazole rings is 1. The van der Waals surface area contributed by atoms with Crippen LogP contribution in [-0.2, 0) is 12.7 Å². The largest absolute Gasteiger partial charge is 0.416 e. The Morgan fingerprint density at radius 2 is 1.90 bits per heavy atom. The lowest BCUT2D eigenvalue weighted by atomic mass is 10.1. The van der Waals surface area contributed by atoms with Gasteiger partial charge in [-0.15, -0.1) is 0 Å². The van der Waals surface area contributed by atoms with Crippen molar-refractivity contribution in [2.24, 2.45) is 0 Å². The smallest absolute Gasteiger partial charge is 0.391 e. The molecular formula is C21H25F3N6O. The van der Waals surface area contributed by atoms with Gasteiger partial charge in [-0.3, -0.25) is 0 Å². The second kappa shape index (κ2) is 7.67. The van der Waals surface area contributed by atoms with Crippen LogP contribution in [0.25, 0.3) is 11.2 Å². The Balaban J connectivity index is 1.80. The fraction of sp³-hybridized carbons (Fsp3) is 0.476. The van der Waals surface area contributed by atoms with Gasteiger partial charge in [0.1, 0.15) is 0 Å². The fourth-order valence-electron chi connectivity index (χ4n) is 3.71. The molecule has 0 radical (unpaired) electrons. The molecule has 0 aliphatic carbocycles. The number of halogens is 3. The van der Waals surface area contributed by atoms with E-state index in [0.717, 1.165) is 6.07 Å². The van der Waals surface area contributed by atoms with Gasteiger partial charge < -0.3 is 19.9 Å². The van der Waals surface area contributed by atoms with Gasteiger partial charge in [0, 0.05) is 18.6 Å². The SMILES string of the molecule is CC(C)(C)Nc1nc(N2CC[C@H](O)C2)c2ncn(Cc3ccccc3C(F)(F)F)c2n1. The van der Waals surface area contributed by atoms with E-state index in [1.54, 1.807) is 10.6 Å². The summed E-state index contributed by atoms with van der Waals surface area (Å²) in [6.07, 6.45) is -2.79. The molecule has 0 amide bonds. The second-order valence-corrected chi connectivity index (χ2v) is 8.83. The van der Waals surface area contributed by atoms with E-state index < -0.39 is 17.8 Å². The highest BCUT2D eigenvalue weighted by Crippen LogP contribution is 2.33. The summed E-state index contributed by atoms with van der Waals surface area (Å²) in [5, 5.41) is 13.2. The molecule has 0 bridgehead atoms. The third-order valence-electron chi connectivity index (χ3n) is 5.06. The van der Waals surface area contributed by atoms with Crippen molar-refractivity contribution in [2.45, 2.75) is 51.6 Å². The van der Waals surface area contributed by atoms with Gasteiger partial charge in [-0.2, -0.15) is 23.1 Å². The standard InChI is InChI=1S/C21H25F3N6O/c1-20(2,3)28-19-26-17(29-9-8-14(31)11-29)16-18(27-19)30(12-25-16)10-13-6-4-5-7-15(13)21(22,23)24/h4-7,12,14,31H,8-11H2,1-3H3,(H,26,27,28)/t14-/m0/s1. The van der Waals surface area contributed by atoms with Crippen LogP contribution >= 0.6 is 0 Å². The van der Waals surface area contributed by atoms with E-state index in [1.807, 2.05) is 25.7 Å². The maximum Gasteiger partial charge on any atom is 0.416 e. The highest BCUT2D eigenvalue weighted by molar-refractivity contribution is 5.85. The second-order valence-electron chi connectivity index (χ2n) is 8.83. The molecule has 2 aromatic heterocycles. The van der Waals surface area contributed by atoms with Crippen molar-refractivity contribution in [2.75, 3.05) is 23.3 Å². The van der Waals surface area contributed by atoms with E-state index in [0.29, 0.717) is 42.4 Å². The van der Waals surface area contributed by atoms with Crippen molar-refractivity contribution in [3.63, 3.8) is 0 Å². The monoisotopic (exact) mass is 434 g/mol. The van der Waals surface area contributed by atoms with E-state index in [1.165, 1.54) is 18.5 Å². The quantitative estimate of drug-likeness (QED) is 0.652. The zero-order chi connectivity index (χ0) is 22.4. The van der Waals surface area contributed by atoms with Gasteiger partial charge in [0.2, 0.25) is 5.95 Å². The number of alkyl halides is 3. The van der Waals surface area contributed by atoms with Crippen LogP contribution in [0.1, 0.15) is 38.3 Å². The first-order valence-electron chi connectivity index (χ1n) is 10.1. The maximum absolute atomic E-state index is 13.5. The predicted molar refractivity (Wildman–Crippen MR) is 112 cm³/mol. The predicted octanol–water partition coefficient (Wildman–Crippen LogP) is 3.67. The number of benzene rings is 1. The van der Waals surface area contributed by atoms with Gasteiger partial charge in [-0.1, -0.05) is 18.2 Å². The minimum atomic E-state index is -4.45. The summed E-state index contributed by atoms with van der Waals surface area (Å²) in [5.74, 6) is 0.929. The van der Waals surface area contributed by atoms with Crippen LogP contribution in [-0.4, -0.2) is 49.4 Å². The molecule has 0 saturated carbocycles. The van der Waals surface area contributed by atoms with Crippen molar-refractivity contribution < 1.29 is 18.3 Å². The Labute approximate surface area is 177 Å². The number of aliphatic hydroxyl groups is 1. The van der Waals surface area contributed by atoms with E-state index in [-0.39, 0.29) is 17.6 Å². The fourth-order valence-corrected chi connectivity index (χ4v) is 3.71. The minimum absolute atomic E-state index is 0.0276. The lowest BCUT2D eigenvalue weighted by Gasteiger charge is -2.23. The van der Waals surface area contributed by atoms with Crippen LogP contribution in [0, 0.1) is 0 Å². The van der Waals surface area contributed by atoms with Crippen LogP contribution in [0.3, 0.4) is 0 Å². The average Bonchev–Trinajstić information content (AvgIpc) is 3.26. The number of aliphatic hydroxyl groups excluding tert-OH is 1. The molecule has 7 nitrogen and oxygen atoms in total. The number of aromatic nitrogens is 4. The van der Waals surface area contributed by atoms with Crippen molar-refractivity contribution in [3.05, 3.63) is 41.7 Å². The summed E-state index contributed by atoms with van der Waals surface area (Å²) in [5.41, 5.74) is 0.0785. The average molecular weight is 434 g/mol. The third-order valence-corrected chi connectivity index (χ3v) is 5.06. The van der Waals surface area contributed by atoms with Gasteiger partial charge >= 0.3 is 6.18 Å². The topological polar surface area (TPSA) is 79.1 Å². The molecule has 1 fully saturated rings. The Kier molecular flexibility index (Phi) is 5.28. The third kappa shape index (κ3) is 4.58. The number of β-amino-alcohol motifs (C(OH)–C–C–N with tert-alkyl or cyclic N) is 1. The van der Waals surface area contributed by atoms with Crippen LogP contribution in [0.4, 0.5) is 24.9 Å². The van der Waals surface area contributed by atoms with Gasteiger partial charge in [-0.25, -0.2) is 4.98 Å². The summed E-state index contributed by atoms with van der Waals surface area (Å²) in [4.78, 5) is 15.5. The Morgan fingerprint density at radius 1 is 1.16 bits per heavy atom. The number of hydrogen-bond acceptors (Lipinski definition) is 6. The molecule has 3 heterocycles. The number of hydrogen-bond donors (Lipinski definition) is 2. The zero-order valence-electron chi connectivity index (χ0n) is 17.6. The molecule has 1 aliphatic heterocycles. The number of nitrogens with one attached hydrogen (secondary N) is 1. The van der Waals surface area contributed by atoms with Crippen molar-refractivity contribution in [1.82, 2.24) is 19.5 Å². The van der Waals surface area contributed by atoms with Gasteiger partial charge in [0.05, 0.1) is 24.5 Å². The molecular weight excluding hydrogens is 409 g/mol. The number of fused-ring (bicyclic) bond motifs is 1. The Hall–Kier alpha value is -2.88. The molecule has 31 heavy (non-hydrogen) atoms. The van der Waals surface area contributed by atoms with E-state index in [4.69, 9.17) is 0 Å². The number of rotatable bonds is 4. The van der Waals surface area contributed by atoms with Crippen LogP contribution < -0.4 is 10.2 Å². The van der Waals surface area contributed by atoms with Crippen LogP contribution in [0.15, 0.2) is 30.6 Å². The van der Waals surface area contributed by atoms with Gasteiger partial charge in [0.15, 0.2) is 17.0 Å². The normalized spacial score (nSPS) is 17.5. The van der Waals surface area contributed by atoms with Crippen molar-refractivity contribution >= 4 is 22.9 Å². The zero-order valence-corrected chi connectivity index (χ0v) is 17.6. The van der Waals surface area contributed by atoms with Crippen molar-refractivity contribution in [3.8, 4) is 0 Å². The lowest BCUT2D eigenvalue weighted by molar-refractivity contribution is -0.138. The molecule has 1 aromatic carbocycles. The first-order chi connectivity index (χ1) is 14.5.